The molecule has 0 amide bonds. The smallest absolute Gasteiger partial charge is 0.418 e. The normalized spacial score (nSPS) is 8.40. The van der Waals surface area contributed by atoms with Crippen molar-refractivity contribution in [2.45, 2.75) is 0 Å². The van der Waals surface area contributed by atoms with Crippen LogP contribution in [0.1, 0.15) is 0 Å². The molecule has 0 rings (SSSR count). The Labute approximate surface area is 95.2 Å². The molecular formula is HBF4KNO3. The van der Waals surface area contributed by atoms with Gasteiger partial charge in [0.05, 0.1) is 0 Å². The molecule has 0 aliphatic rings. The maximum Gasteiger partial charge on any atom is 1.00 e. The zero-order chi connectivity index (χ0) is 8.08. The first-order valence-corrected chi connectivity index (χ1v) is 1.44. The second kappa shape index (κ2) is 7.73. The van der Waals surface area contributed by atoms with E-state index in [1.165, 1.54) is 0 Å². The number of rotatable bonds is 0. The Morgan fingerprint density at radius 1 is 1.30 bits per heavy atom. The molecular weight excluding hydrogens is 188 g/mol. The van der Waals surface area contributed by atoms with Gasteiger partial charge in [-0.15, -0.1) is 10.1 Å². The fourth-order valence-corrected chi connectivity index (χ4v) is 0. The van der Waals surface area contributed by atoms with Gasteiger partial charge >= 0.3 is 58.6 Å². The molecule has 0 atom stereocenters. The van der Waals surface area contributed by atoms with E-state index in [0.717, 1.165) is 0 Å². The fraction of sp³-hybridized carbons (Fsp3) is 0. The van der Waals surface area contributed by atoms with Gasteiger partial charge < -0.3 is 22.5 Å². The van der Waals surface area contributed by atoms with Gasteiger partial charge in [0.2, 0.25) is 0 Å². The van der Waals surface area contributed by atoms with Crippen LogP contribution in [0, 0.1) is 10.1 Å². The maximum atomic E-state index is 9.75. The summed E-state index contributed by atoms with van der Waals surface area (Å²) < 4.78 is 39.0. The Bertz CT molecular complexity index is 83.0. The first-order valence-electron chi connectivity index (χ1n) is 1.44. The summed E-state index contributed by atoms with van der Waals surface area (Å²) in [5.74, 6) is 0. The zero-order valence-electron chi connectivity index (χ0n) is 4.80. The summed E-state index contributed by atoms with van der Waals surface area (Å²) in [5.41, 5.74) is 0. The molecule has 0 radical (unpaired) electrons. The van der Waals surface area contributed by atoms with Gasteiger partial charge in [0, 0.05) is 0 Å². The summed E-state index contributed by atoms with van der Waals surface area (Å²) in [6.07, 6.45) is 0. The molecule has 0 saturated heterocycles. The van der Waals surface area contributed by atoms with Crippen LogP contribution in [-0.2, 0) is 0 Å². The Hall–Kier alpha value is 0.621. The summed E-state index contributed by atoms with van der Waals surface area (Å²) in [5, 5.41) is 13.6. The van der Waals surface area contributed by atoms with Crippen molar-refractivity contribution in [3.8, 4) is 0 Å². The molecule has 0 aliphatic heterocycles. The predicted octanol–water partition coefficient (Wildman–Crippen LogP) is -2.04. The quantitative estimate of drug-likeness (QED) is 0.206. The van der Waals surface area contributed by atoms with Crippen LogP contribution in [0.3, 0.4) is 0 Å². The summed E-state index contributed by atoms with van der Waals surface area (Å²) >= 11 is 0. The molecule has 0 aromatic carbocycles. The Balaban J connectivity index is -0.0000000910. The van der Waals surface area contributed by atoms with Gasteiger partial charge in [-0.3, -0.25) is 0 Å². The van der Waals surface area contributed by atoms with Crippen LogP contribution >= 0.6 is 0 Å². The van der Waals surface area contributed by atoms with Crippen LogP contribution in [0.4, 0.5) is 17.3 Å². The van der Waals surface area contributed by atoms with Crippen LogP contribution in [0.5, 0.6) is 0 Å². The average Bonchev–Trinajstić information content (AvgIpc) is 1.19. The molecule has 4 nitrogen and oxygen atoms in total. The van der Waals surface area contributed by atoms with Gasteiger partial charge in [-0.25, -0.2) is 0 Å². The number of hydrogen-bond donors (Lipinski definition) is 1. The van der Waals surface area contributed by atoms with Gasteiger partial charge in [0.25, 0.3) is 5.09 Å². The van der Waals surface area contributed by atoms with Crippen molar-refractivity contribution in [1.82, 2.24) is 0 Å². The molecule has 0 aliphatic carbocycles. The van der Waals surface area contributed by atoms with Gasteiger partial charge in [-0.1, -0.05) is 0 Å². The maximum absolute atomic E-state index is 9.75. The van der Waals surface area contributed by atoms with Crippen molar-refractivity contribution in [1.29, 1.82) is 0 Å². The third-order valence-corrected chi connectivity index (χ3v) is 0. The van der Waals surface area contributed by atoms with Gasteiger partial charge in [-0.2, -0.15) is 0 Å². The van der Waals surface area contributed by atoms with Crippen molar-refractivity contribution in [2.24, 2.45) is 0 Å². The topological polar surface area (TPSA) is 63.4 Å². The fourth-order valence-electron chi connectivity index (χ4n) is 0. The van der Waals surface area contributed by atoms with E-state index in [0.29, 0.717) is 0 Å². The summed E-state index contributed by atoms with van der Waals surface area (Å²) in [4.78, 5) is 8.36. The zero-order valence-corrected chi connectivity index (χ0v) is 7.92. The van der Waals surface area contributed by atoms with Gasteiger partial charge in [-0.05, 0) is 0 Å². The van der Waals surface area contributed by atoms with Gasteiger partial charge in [0.15, 0.2) is 0 Å². The van der Waals surface area contributed by atoms with Crippen LogP contribution in [0.15, 0.2) is 0 Å². The molecule has 1 N–H and O–H groups in total. The van der Waals surface area contributed by atoms with E-state index in [1.807, 2.05) is 0 Å². The van der Waals surface area contributed by atoms with Crippen molar-refractivity contribution in [3.63, 3.8) is 0 Å². The Morgan fingerprint density at radius 3 is 1.30 bits per heavy atom. The Kier molecular flexibility index (Phi) is 13.1. The molecule has 0 unspecified atom stereocenters. The second-order valence-corrected chi connectivity index (χ2v) is 0.733. The van der Waals surface area contributed by atoms with E-state index in [9.17, 15) is 17.3 Å². The van der Waals surface area contributed by atoms with Gasteiger partial charge in [0.1, 0.15) is 0 Å². The molecule has 0 bridgehead atoms. The van der Waals surface area contributed by atoms with Crippen LogP contribution in [0.2, 0.25) is 0 Å². The number of halogens is 4. The monoisotopic (exact) mass is 189 g/mol. The molecule has 0 aromatic heterocycles. The summed E-state index contributed by atoms with van der Waals surface area (Å²) in [7, 11) is -6.00. The van der Waals surface area contributed by atoms with Crippen molar-refractivity contribution < 1.29 is 78.9 Å². The summed E-state index contributed by atoms with van der Waals surface area (Å²) in [6.45, 7) is 0. The molecule has 10 heteroatoms. The molecule has 56 valence electrons. The molecule has 0 fully saturated rings. The molecule has 10 heavy (non-hydrogen) atoms. The predicted molar refractivity (Wildman–Crippen MR) is 19.0 cm³/mol. The van der Waals surface area contributed by atoms with Crippen LogP contribution in [-0.4, -0.2) is 17.5 Å². The van der Waals surface area contributed by atoms with E-state index in [-0.39, 0.29) is 51.4 Å². The number of nitrogens with zero attached hydrogens (tertiary/aromatic N) is 1. The first-order chi connectivity index (χ1) is 3.73. The van der Waals surface area contributed by atoms with E-state index in [2.05, 4.69) is 0 Å². The molecule has 0 heterocycles. The van der Waals surface area contributed by atoms with E-state index >= 15 is 0 Å². The summed E-state index contributed by atoms with van der Waals surface area (Å²) in [6, 6.07) is 0. The SMILES string of the molecule is F[B-](F)(F)F.O=[N+]([O-])O.[K+]. The Morgan fingerprint density at radius 2 is 1.30 bits per heavy atom. The van der Waals surface area contributed by atoms with E-state index in [1.54, 1.807) is 0 Å². The third kappa shape index (κ3) is 1300. The third-order valence-electron chi connectivity index (χ3n) is 0. The van der Waals surface area contributed by atoms with Crippen molar-refractivity contribution in [2.75, 3.05) is 0 Å². The number of hydrogen-bond acceptors (Lipinski definition) is 2. The first kappa shape index (κ1) is 16.9. The molecule has 0 spiro atoms. The van der Waals surface area contributed by atoms with E-state index < -0.39 is 12.3 Å². The van der Waals surface area contributed by atoms with E-state index in [4.69, 9.17) is 15.3 Å². The van der Waals surface area contributed by atoms with Crippen LogP contribution < -0.4 is 51.4 Å². The minimum Gasteiger partial charge on any atom is -0.418 e. The minimum atomic E-state index is -6.00. The molecule has 0 saturated carbocycles. The van der Waals surface area contributed by atoms with Crippen LogP contribution in [0.25, 0.3) is 0 Å². The minimum absolute atomic E-state index is 0. The standard InChI is InChI=1S/BF4.K.HNO3/c2-1(3,4)5;;2-1(3)4/h;;(H,2,3,4)/q-1;+1;. The largest absolute Gasteiger partial charge is 1.00 e. The average molecular weight is 189 g/mol. The molecule has 0 aromatic rings. The van der Waals surface area contributed by atoms with Crippen molar-refractivity contribution in [3.05, 3.63) is 10.1 Å². The second-order valence-electron chi connectivity index (χ2n) is 0.733. The van der Waals surface area contributed by atoms with Crippen molar-refractivity contribution >= 4 is 7.25 Å².